The molecule has 1 amide bonds. The summed E-state index contributed by atoms with van der Waals surface area (Å²) in [6.07, 6.45) is 0. The molecule has 2 aromatic carbocycles. The lowest BCUT2D eigenvalue weighted by Crippen LogP contribution is -2.30. The van der Waals surface area contributed by atoms with Gasteiger partial charge >= 0.3 is 0 Å². The summed E-state index contributed by atoms with van der Waals surface area (Å²) in [7, 11) is -4.24. The predicted molar refractivity (Wildman–Crippen MR) is 79.2 cm³/mol. The molecule has 0 spiro atoms. The van der Waals surface area contributed by atoms with Crippen molar-refractivity contribution in [1.82, 2.24) is 4.72 Å². The van der Waals surface area contributed by atoms with Crippen LogP contribution in [0, 0.1) is 10.1 Å². The summed E-state index contributed by atoms with van der Waals surface area (Å²) in [6.45, 7) is 0. The molecule has 7 nitrogen and oxygen atoms in total. The number of amides is 1. The van der Waals surface area contributed by atoms with Crippen LogP contribution in [0.25, 0.3) is 0 Å². The normalized spacial score (nSPS) is 11.0. The number of hydrogen-bond acceptors (Lipinski definition) is 5. The minimum Gasteiger partial charge on any atom is -0.268 e. The summed E-state index contributed by atoms with van der Waals surface area (Å²) in [5.41, 5.74) is -0.411. The third-order valence-electron chi connectivity index (χ3n) is 2.69. The van der Waals surface area contributed by atoms with Crippen LogP contribution in [-0.2, 0) is 10.0 Å². The molecule has 0 heterocycles. The van der Waals surface area contributed by atoms with Gasteiger partial charge in [0.05, 0.1) is 9.82 Å². The zero-order chi connectivity index (χ0) is 16.3. The number of rotatable bonds is 4. The molecule has 0 bridgehead atoms. The summed E-state index contributed by atoms with van der Waals surface area (Å²) in [5.74, 6) is -0.835. The molecule has 0 fully saturated rings. The number of nitrogens with zero attached hydrogens (tertiary/aromatic N) is 1. The van der Waals surface area contributed by atoms with Crippen LogP contribution in [0.5, 0.6) is 0 Å². The van der Waals surface area contributed by atoms with E-state index in [1.807, 2.05) is 4.72 Å². The summed E-state index contributed by atoms with van der Waals surface area (Å²) >= 11 is 5.62. The van der Waals surface area contributed by atoms with Crippen LogP contribution in [-0.4, -0.2) is 19.2 Å². The SMILES string of the molecule is O=C(NS(=O)(=O)c1ccc(Cl)c([N+](=O)[O-])c1)c1ccccc1. The monoisotopic (exact) mass is 340 g/mol. The molecule has 2 rings (SSSR count). The van der Waals surface area contributed by atoms with E-state index >= 15 is 0 Å². The van der Waals surface area contributed by atoms with E-state index in [1.54, 1.807) is 18.2 Å². The smallest absolute Gasteiger partial charge is 0.268 e. The minimum atomic E-state index is -4.24. The fourth-order valence-electron chi connectivity index (χ4n) is 1.63. The van der Waals surface area contributed by atoms with Crippen molar-refractivity contribution in [1.29, 1.82) is 0 Å². The zero-order valence-electron chi connectivity index (χ0n) is 10.9. The number of halogens is 1. The number of carbonyl (C=O) groups is 1. The lowest BCUT2D eigenvalue weighted by Gasteiger charge is -2.07. The Morgan fingerprint density at radius 3 is 2.36 bits per heavy atom. The fourth-order valence-corrected chi connectivity index (χ4v) is 2.81. The first-order valence-electron chi connectivity index (χ1n) is 5.87. The topological polar surface area (TPSA) is 106 Å². The molecule has 0 atom stereocenters. The highest BCUT2D eigenvalue weighted by molar-refractivity contribution is 7.90. The standard InChI is InChI=1S/C13H9ClN2O5S/c14-11-7-6-10(8-12(11)16(18)19)22(20,21)15-13(17)9-4-2-1-3-5-9/h1-8H,(H,15,17). The Kier molecular flexibility index (Phi) is 4.43. The van der Waals surface area contributed by atoms with Gasteiger partial charge in [-0.25, -0.2) is 13.1 Å². The van der Waals surface area contributed by atoms with Gasteiger partial charge in [0, 0.05) is 11.6 Å². The number of nitro benzene ring substituents is 1. The van der Waals surface area contributed by atoms with Crippen LogP contribution in [0.1, 0.15) is 10.4 Å². The van der Waals surface area contributed by atoms with Gasteiger partial charge < -0.3 is 0 Å². The van der Waals surface area contributed by atoms with E-state index in [4.69, 9.17) is 11.6 Å². The van der Waals surface area contributed by atoms with E-state index in [0.717, 1.165) is 18.2 Å². The quantitative estimate of drug-likeness (QED) is 0.679. The minimum absolute atomic E-state index is 0.148. The second-order valence-electron chi connectivity index (χ2n) is 4.17. The fraction of sp³-hybridized carbons (Fsp3) is 0. The predicted octanol–water partition coefficient (Wildman–Crippen LogP) is 2.37. The van der Waals surface area contributed by atoms with E-state index in [9.17, 15) is 23.3 Å². The Hall–Kier alpha value is -2.45. The average molecular weight is 341 g/mol. The average Bonchev–Trinajstić information content (AvgIpc) is 2.47. The van der Waals surface area contributed by atoms with Crippen LogP contribution in [0.4, 0.5) is 5.69 Å². The molecule has 0 aliphatic rings. The molecule has 0 aliphatic carbocycles. The van der Waals surface area contributed by atoms with Gasteiger partial charge in [-0.15, -0.1) is 0 Å². The van der Waals surface area contributed by atoms with Crippen LogP contribution >= 0.6 is 11.6 Å². The van der Waals surface area contributed by atoms with Crippen molar-refractivity contribution in [3.63, 3.8) is 0 Å². The number of sulfonamides is 1. The van der Waals surface area contributed by atoms with Gasteiger partial charge in [0.25, 0.3) is 21.6 Å². The van der Waals surface area contributed by atoms with Crippen molar-refractivity contribution in [2.24, 2.45) is 0 Å². The van der Waals surface area contributed by atoms with Crippen LogP contribution in [0.15, 0.2) is 53.4 Å². The van der Waals surface area contributed by atoms with E-state index in [-0.39, 0.29) is 10.6 Å². The second kappa shape index (κ2) is 6.12. The Bertz CT molecular complexity index is 837. The number of nitrogens with one attached hydrogen (secondary N) is 1. The summed E-state index contributed by atoms with van der Waals surface area (Å²) in [4.78, 5) is 21.4. The first-order valence-corrected chi connectivity index (χ1v) is 7.73. The highest BCUT2D eigenvalue weighted by Crippen LogP contribution is 2.27. The van der Waals surface area contributed by atoms with Crippen molar-refractivity contribution in [3.05, 3.63) is 69.2 Å². The summed E-state index contributed by atoms with van der Waals surface area (Å²) in [5, 5.41) is 10.6. The van der Waals surface area contributed by atoms with Crippen molar-refractivity contribution in [3.8, 4) is 0 Å². The van der Waals surface area contributed by atoms with Crippen LogP contribution < -0.4 is 4.72 Å². The molecule has 0 saturated heterocycles. The first kappa shape index (κ1) is 15.9. The molecule has 2 aromatic rings. The lowest BCUT2D eigenvalue weighted by atomic mass is 10.2. The van der Waals surface area contributed by atoms with Crippen LogP contribution in [0.2, 0.25) is 5.02 Å². The Morgan fingerprint density at radius 2 is 1.77 bits per heavy atom. The van der Waals surface area contributed by atoms with Gasteiger partial charge in [0.1, 0.15) is 5.02 Å². The number of nitro groups is 1. The molecule has 0 aliphatic heterocycles. The highest BCUT2D eigenvalue weighted by atomic mass is 35.5. The molecule has 0 radical (unpaired) electrons. The van der Waals surface area contributed by atoms with E-state index in [0.29, 0.717) is 0 Å². The molecular weight excluding hydrogens is 332 g/mol. The van der Waals surface area contributed by atoms with Crippen molar-refractivity contribution in [2.45, 2.75) is 4.90 Å². The van der Waals surface area contributed by atoms with Crippen molar-refractivity contribution < 1.29 is 18.1 Å². The maximum absolute atomic E-state index is 12.1. The number of hydrogen-bond donors (Lipinski definition) is 1. The summed E-state index contributed by atoms with van der Waals surface area (Å²) < 4.78 is 26.1. The van der Waals surface area contributed by atoms with Gasteiger partial charge in [-0.1, -0.05) is 29.8 Å². The number of carbonyl (C=O) groups excluding carboxylic acids is 1. The van der Waals surface area contributed by atoms with Crippen molar-refractivity contribution in [2.75, 3.05) is 0 Å². The summed E-state index contributed by atoms with van der Waals surface area (Å²) in [6, 6.07) is 10.7. The number of benzene rings is 2. The van der Waals surface area contributed by atoms with Gasteiger partial charge in [-0.2, -0.15) is 0 Å². The molecule has 0 unspecified atom stereocenters. The molecule has 0 saturated carbocycles. The Labute approximate surface area is 130 Å². The first-order chi connectivity index (χ1) is 10.3. The largest absolute Gasteiger partial charge is 0.289 e. The zero-order valence-corrected chi connectivity index (χ0v) is 12.5. The Balaban J connectivity index is 2.33. The maximum Gasteiger partial charge on any atom is 0.289 e. The molecular formula is C13H9ClN2O5S. The van der Waals surface area contributed by atoms with Gasteiger partial charge in [-0.05, 0) is 24.3 Å². The van der Waals surface area contributed by atoms with E-state index < -0.39 is 31.4 Å². The van der Waals surface area contributed by atoms with E-state index in [1.165, 1.54) is 12.1 Å². The van der Waals surface area contributed by atoms with Crippen molar-refractivity contribution >= 4 is 33.2 Å². The second-order valence-corrected chi connectivity index (χ2v) is 6.26. The molecule has 114 valence electrons. The Morgan fingerprint density at radius 1 is 1.14 bits per heavy atom. The highest BCUT2D eigenvalue weighted by Gasteiger charge is 2.23. The molecule has 22 heavy (non-hydrogen) atoms. The van der Waals surface area contributed by atoms with Gasteiger partial charge in [0.2, 0.25) is 0 Å². The van der Waals surface area contributed by atoms with Gasteiger partial charge in [-0.3, -0.25) is 14.9 Å². The van der Waals surface area contributed by atoms with Crippen LogP contribution in [0.3, 0.4) is 0 Å². The molecule has 9 heteroatoms. The molecule has 1 N–H and O–H groups in total. The lowest BCUT2D eigenvalue weighted by molar-refractivity contribution is -0.384. The third-order valence-corrected chi connectivity index (χ3v) is 4.34. The van der Waals surface area contributed by atoms with Gasteiger partial charge in [0.15, 0.2) is 0 Å². The molecule has 0 aromatic heterocycles. The maximum atomic E-state index is 12.1. The third kappa shape index (κ3) is 3.41. The van der Waals surface area contributed by atoms with E-state index in [2.05, 4.69) is 0 Å².